The summed E-state index contributed by atoms with van der Waals surface area (Å²) in [6.07, 6.45) is 1.48. The molecule has 0 spiro atoms. The summed E-state index contributed by atoms with van der Waals surface area (Å²) >= 11 is 0. The maximum Gasteiger partial charge on any atom is 0.355 e. The maximum atomic E-state index is 12.9. The van der Waals surface area contributed by atoms with Crippen molar-refractivity contribution in [1.29, 1.82) is 0 Å². The van der Waals surface area contributed by atoms with Crippen LogP contribution in [0.25, 0.3) is 11.8 Å². The van der Waals surface area contributed by atoms with Crippen molar-refractivity contribution in [3.05, 3.63) is 94.4 Å². The van der Waals surface area contributed by atoms with E-state index in [1.165, 1.54) is 20.1 Å². The molecule has 35 heavy (non-hydrogen) atoms. The first-order valence-electron chi connectivity index (χ1n) is 10.8. The number of Topliss-reactive ketones (excluding diaryl/α,β-unsaturated/α-hetero) is 1. The lowest BCUT2D eigenvalue weighted by atomic mass is 10.1. The third-order valence-corrected chi connectivity index (χ3v) is 5.25. The molecule has 1 N–H and O–H groups in total. The summed E-state index contributed by atoms with van der Waals surface area (Å²) in [5, 5.41) is 2.45. The van der Waals surface area contributed by atoms with Crippen LogP contribution >= 0.6 is 0 Å². The van der Waals surface area contributed by atoms with E-state index in [9.17, 15) is 19.2 Å². The van der Waals surface area contributed by atoms with Gasteiger partial charge in [0.15, 0.2) is 6.61 Å². The van der Waals surface area contributed by atoms with Crippen LogP contribution in [-0.4, -0.2) is 41.9 Å². The van der Waals surface area contributed by atoms with Crippen molar-refractivity contribution in [2.24, 2.45) is 0 Å². The number of hydrogen-bond acceptors (Lipinski definition) is 6. The fourth-order valence-electron chi connectivity index (χ4n) is 3.65. The molecule has 3 aromatic rings. The van der Waals surface area contributed by atoms with Crippen LogP contribution in [0.15, 0.2) is 66.4 Å². The number of rotatable bonds is 8. The number of hydrogen-bond donors (Lipinski definition) is 1. The van der Waals surface area contributed by atoms with Crippen molar-refractivity contribution >= 4 is 29.7 Å². The molecule has 180 valence electrons. The van der Waals surface area contributed by atoms with Gasteiger partial charge < -0.3 is 19.4 Å². The fraction of sp³-hybridized carbons (Fsp3) is 0.185. The van der Waals surface area contributed by atoms with Crippen LogP contribution in [0, 0.1) is 13.8 Å². The van der Waals surface area contributed by atoms with Gasteiger partial charge in [-0.25, -0.2) is 9.59 Å². The number of esters is 2. The van der Waals surface area contributed by atoms with Gasteiger partial charge in [-0.3, -0.25) is 9.59 Å². The topological polar surface area (TPSA) is 104 Å². The predicted octanol–water partition coefficient (Wildman–Crippen LogP) is 3.78. The van der Waals surface area contributed by atoms with Crippen molar-refractivity contribution in [3.8, 4) is 5.69 Å². The highest BCUT2D eigenvalue weighted by molar-refractivity contribution is 6.02. The van der Waals surface area contributed by atoms with Gasteiger partial charge in [0, 0.05) is 29.6 Å². The lowest BCUT2D eigenvalue weighted by Gasteiger charge is -2.11. The second kappa shape index (κ2) is 11.1. The zero-order valence-corrected chi connectivity index (χ0v) is 20.0. The third-order valence-electron chi connectivity index (χ3n) is 5.25. The minimum Gasteiger partial charge on any atom is -0.465 e. The number of methoxy groups -OCH3 is 1. The Morgan fingerprint density at radius 3 is 2.23 bits per heavy atom. The van der Waals surface area contributed by atoms with Gasteiger partial charge in [-0.2, -0.15) is 0 Å². The summed E-state index contributed by atoms with van der Waals surface area (Å²) in [7, 11) is 1.32. The van der Waals surface area contributed by atoms with Gasteiger partial charge in [0.25, 0.3) is 0 Å². The fourth-order valence-corrected chi connectivity index (χ4v) is 3.65. The molecular weight excluding hydrogens is 448 g/mol. The van der Waals surface area contributed by atoms with Crippen LogP contribution in [0.3, 0.4) is 0 Å². The molecule has 0 bridgehead atoms. The second-order valence-electron chi connectivity index (χ2n) is 7.81. The van der Waals surface area contributed by atoms with E-state index in [-0.39, 0.29) is 11.5 Å². The molecule has 0 aliphatic carbocycles. The minimum absolute atomic E-state index is 0.0623. The molecule has 1 aromatic heterocycles. The molecule has 0 fully saturated rings. The molecule has 2 aromatic carbocycles. The molecule has 8 nitrogen and oxygen atoms in total. The Bertz CT molecular complexity index is 1290. The Labute approximate surface area is 203 Å². The summed E-state index contributed by atoms with van der Waals surface area (Å²) in [5.74, 6) is -2.07. The zero-order valence-electron chi connectivity index (χ0n) is 20.0. The standard InChI is InChI=1S/C27H26N2O6/c1-17-14-23(18(2)29(17)22-12-10-21(11-13-22)26(32)34-4)25(31)16-35-27(33)24(28-19(3)30)15-20-8-6-5-7-9-20/h5-15H,16H2,1-4H3,(H,28,30)/b24-15-. The molecule has 3 rings (SSSR count). The first-order chi connectivity index (χ1) is 16.7. The Morgan fingerprint density at radius 2 is 1.63 bits per heavy atom. The molecular formula is C27H26N2O6. The van der Waals surface area contributed by atoms with E-state index >= 15 is 0 Å². The number of ether oxygens (including phenoxy) is 2. The normalized spacial score (nSPS) is 11.0. The van der Waals surface area contributed by atoms with Crippen molar-refractivity contribution in [2.75, 3.05) is 13.7 Å². The van der Waals surface area contributed by atoms with Gasteiger partial charge in [-0.05, 0) is 55.8 Å². The zero-order chi connectivity index (χ0) is 25.5. The Morgan fingerprint density at radius 1 is 0.971 bits per heavy atom. The summed E-state index contributed by atoms with van der Waals surface area (Å²) in [4.78, 5) is 48.7. The third kappa shape index (κ3) is 6.11. The lowest BCUT2D eigenvalue weighted by molar-refractivity contribution is -0.139. The van der Waals surface area contributed by atoms with Gasteiger partial charge in [0.1, 0.15) is 5.70 Å². The number of aromatic nitrogens is 1. The number of carbonyl (C=O) groups is 4. The van der Waals surface area contributed by atoms with Gasteiger partial charge in [0.2, 0.25) is 11.7 Å². The molecule has 0 aliphatic rings. The number of carbonyl (C=O) groups excluding carboxylic acids is 4. The lowest BCUT2D eigenvalue weighted by Crippen LogP contribution is -2.27. The molecule has 0 radical (unpaired) electrons. The first-order valence-corrected chi connectivity index (χ1v) is 10.8. The van der Waals surface area contributed by atoms with E-state index in [0.717, 1.165) is 11.4 Å². The maximum absolute atomic E-state index is 12.9. The van der Waals surface area contributed by atoms with Crippen LogP contribution in [0.4, 0.5) is 0 Å². The van der Waals surface area contributed by atoms with Gasteiger partial charge >= 0.3 is 11.9 Å². The van der Waals surface area contributed by atoms with E-state index < -0.39 is 24.5 Å². The molecule has 0 saturated heterocycles. The highest BCUT2D eigenvalue weighted by atomic mass is 16.5. The molecule has 1 heterocycles. The Hall–Kier alpha value is -4.46. The number of benzene rings is 2. The molecule has 0 unspecified atom stereocenters. The number of amides is 1. The molecule has 0 aliphatic heterocycles. The van der Waals surface area contributed by atoms with E-state index in [0.29, 0.717) is 22.4 Å². The number of ketones is 1. The highest BCUT2D eigenvalue weighted by Crippen LogP contribution is 2.22. The number of nitrogens with one attached hydrogen (secondary N) is 1. The van der Waals surface area contributed by atoms with Crippen molar-refractivity contribution in [3.63, 3.8) is 0 Å². The minimum atomic E-state index is -0.815. The average Bonchev–Trinajstić information content (AvgIpc) is 3.15. The smallest absolute Gasteiger partial charge is 0.355 e. The molecule has 1 amide bonds. The van der Waals surface area contributed by atoms with E-state index in [1.807, 2.05) is 17.6 Å². The van der Waals surface area contributed by atoms with Crippen LogP contribution in [0.2, 0.25) is 0 Å². The quantitative estimate of drug-likeness (QED) is 0.303. The molecule has 0 saturated carbocycles. The van der Waals surface area contributed by atoms with Gasteiger partial charge in [-0.15, -0.1) is 0 Å². The second-order valence-corrected chi connectivity index (χ2v) is 7.81. The van der Waals surface area contributed by atoms with Crippen LogP contribution in [0.1, 0.15) is 44.6 Å². The summed E-state index contributed by atoms with van der Waals surface area (Å²) in [6.45, 7) is 4.43. The summed E-state index contributed by atoms with van der Waals surface area (Å²) < 4.78 is 11.8. The average molecular weight is 475 g/mol. The van der Waals surface area contributed by atoms with Crippen molar-refractivity contribution < 1.29 is 28.7 Å². The van der Waals surface area contributed by atoms with E-state index in [2.05, 4.69) is 5.32 Å². The number of aryl methyl sites for hydroxylation is 1. The van der Waals surface area contributed by atoms with Crippen molar-refractivity contribution in [2.45, 2.75) is 20.8 Å². The van der Waals surface area contributed by atoms with Crippen LogP contribution in [0.5, 0.6) is 0 Å². The SMILES string of the molecule is COC(=O)c1ccc(-n2c(C)cc(C(=O)COC(=O)/C(=C/c3ccccc3)NC(C)=O)c2C)cc1. The number of nitrogens with zero attached hydrogens (tertiary/aromatic N) is 1. The van der Waals surface area contributed by atoms with Gasteiger partial charge in [-0.1, -0.05) is 30.3 Å². The van der Waals surface area contributed by atoms with Crippen molar-refractivity contribution in [1.82, 2.24) is 9.88 Å². The largest absolute Gasteiger partial charge is 0.465 e. The summed E-state index contributed by atoms with van der Waals surface area (Å²) in [6, 6.07) is 17.5. The molecule has 0 atom stereocenters. The Kier molecular flexibility index (Phi) is 7.99. The van der Waals surface area contributed by atoms with Crippen LogP contribution < -0.4 is 5.32 Å². The highest BCUT2D eigenvalue weighted by Gasteiger charge is 2.20. The molecule has 8 heteroatoms. The monoisotopic (exact) mass is 474 g/mol. The van der Waals surface area contributed by atoms with Gasteiger partial charge in [0.05, 0.1) is 12.7 Å². The first kappa shape index (κ1) is 25.2. The Balaban J connectivity index is 1.76. The van der Waals surface area contributed by atoms with E-state index in [4.69, 9.17) is 9.47 Å². The predicted molar refractivity (Wildman–Crippen MR) is 130 cm³/mol. The van der Waals surface area contributed by atoms with E-state index in [1.54, 1.807) is 61.5 Å². The van der Waals surface area contributed by atoms with Crippen LogP contribution in [-0.2, 0) is 19.1 Å². The summed E-state index contributed by atoms with van der Waals surface area (Å²) in [5.41, 5.74) is 3.68.